The highest BCUT2D eigenvalue weighted by molar-refractivity contribution is 5.69. The first-order valence-corrected chi connectivity index (χ1v) is 6.36. The van der Waals surface area contributed by atoms with Gasteiger partial charge in [-0.1, -0.05) is 48.0 Å². The van der Waals surface area contributed by atoms with Crippen LogP contribution in [0.3, 0.4) is 0 Å². The minimum Gasteiger partial charge on any atom is -0.481 e. The predicted molar refractivity (Wildman–Crippen MR) is 68.5 cm³/mol. The molecular weight excluding hydrogens is 200 g/mol. The maximum Gasteiger partial charge on any atom is 0.306 e. The molecule has 0 aromatic carbocycles. The third-order valence-electron chi connectivity index (χ3n) is 3.56. The van der Waals surface area contributed by atoms with Gasteiger partial charge in [0.25, 0.3) is 0 Å². The summed E-state index contributed by atoms with van der Waals surface area (Å²) in [5.41, 5.74) is 0.416. The molecule has 0 heterocycles. The molecule has 16 heavy (non-hydrogen) atoms. The van der Waals surface area contributed by atoms with Crippen molar-refractivity contribution in [2.45, 2.75) is 67.2 Å². The van der Waals surface area contributed by atoms with Crippen LogP contribution in [-0.4, -0.2) is 11.1 Å². The molecule has 0 spiro atoms. The van der Waals surface area contributed by atoms with Crippen LogP contribution in [0, 0.1) is 16.7 Å². The Kier molecular flexibility index (Phi) is 5.51. The summed E-state index contributed by atoms with van der Waals surface area (Å²) in [5.74, 6) is -0.840. The molecule has 0 aromatic rings. The van der Waals surface area contributed by atoms with Crippen LogP contribution in [0.4, 0.5) is 0 Å². The van der Waals surface area contributed by atoms with Gasteiger partial charge in [0.1, 0.15) is 0 Å². The Hall–Kier alpha value is -0.530. The monoisotopic (exact) mass is 228 g/mol. The van der Waals surface area contributed by atoms with E-state index >= 15 is 0 Å². The van der Waals surface area contributed by atoms with E-state index in [2.05, 4.69) is 34.6 Å². The van der Waals surface area contributed by atoms with Gasteiger partial charge in [0.2, 0.25) is 0 Å². The third kappa shape index (κ3) is 5.53. The largest absolute Gasteiger partial charge is 0.481 e. The first-order chi connectivity index (χ1) is 7.13. The minimum atomic E-state index is -0.648. The van der Waals surface area contributed by atoms with Crippen molar-refractivity contribution in [1.82, 2.24) is 0 Å². The lowest BCUT2D eigenvalue weighted by Gasteiger charge is -2.35. The average molecular weight is 228 g/mol. The van der Waals surface area contributed by atoms with E-state index in [-0.39, 0.29) is 11.3 Å². The van der Waals surface area contributed by atoms with Crippen LogP contribution in [0.5, 0.6) is 0 Å². The van der Waals surface area contributed by atoms with Crippen molar-refractivity contribution >= 4 is 5.97 Å². The molecular formula is C14H28O2. The zero-order chi connectivity index (χ0) is 13.0. The summed E-state index contributed by atoms with van der Waals surface area (Å²) >= 11 is 0. The second-order valence-corrected chi connectivity index (χ2v) is 6.51. The van der Waals surface area contributed by atoms with E-state index in [1.807, 2.05) is 6.92 Å². The molecule has 0 saturated heterocycles. The molecule has 0 radical (unpaired) electrons. The van der Waals surface area contributed by atoms with Gasteiger partial charge in [0.05, 0.1) is 5.92 Å². The smallest absolute Gasteiger partial charge is 0.306 e. The minimum absolute atomic E-state index is 0.110. The Morgan fingerprint density at radius 2 is 1.62 bits per heavy atom. The van der Waals surface area contributed by atoms with Crippen LogP contribution >= 0.6 is 0 Å². The second kappa shape index (κ2) is 5.70. The van der Waals surface area contributed by atoms with Gasteiger partial charge in [-0.25, -0.2) is 0 Å². The average Bonchev–Trinajstić information content (AvgIpc) is 2.12. The molecule has 0 rings (SSSR count). The molecule has 1 atom stereocenters. The number of rotatable bonds is 7. The molecule has 1 unspecified atom stereocenters. The van der Waals surface area contributed by atoms with Crippen molar-refractivity contribution in [2.75, 3.05) is 0 Å². The highest BCUT2D eigenvalue weighted by Gasteiger charge is 2.31. The van der Waals surface area contributed by atoms with Crippen molar-refractivity contribution in [1.29, 1.82) is 0 Å². The van der Waals surface area contributed by atoms with Gasteiger partial charge in [-0.3, -0.25) is 4.79 Å². The van der Waals surface area contributed by atoms with Crippen LogP contribution in [0.15, 0.2) is 0 Å². The molecule has 0 aliphatic carbocycles. The number of hydrogen-bond donors (Lipinski definition) is 1. The topological polar surface area (TPSA) is 37.3 Å². The molecule has 2 nitrogen and oxygen atoms in total. The normalized spacial score (nSPS) is 14.9. The zero-order valence-electron chi connectivity index (χ0n) is 11.8. The fourth-order valence-electron chi connectivity index (χ4n) is 2.57. The number of carboxylic acid groups (broad SMARTS) is 1. The van der Waals surface area contributed by atoms with Crippen molar-refractivity contribution in [3.63, 3.8) is 0 Å². The molecule has 0 bridgehead atoms. The maximum atomic E-state index is 11.0. The van der Waals surface area contributed by atoms with E-state index in [1.54, 1.807) is 0 Å². The Morgan fingerprint density at radius 3 is 1.94 bits per heavy atom. The first kappa shape index (κ1) is 15.5. The second-order valence-electron chi connectivity index (χ2n) is 6.51. The summed E-state index contributed by atoms with van der Waals surface area (Å²) in [5, 5.41) is 9.09. The van der Waals surface area contributed by atoms with E-state index in [0.29, 0.717) is 5.41 Å². The molecule has 0 aromatic heterocycles. The van der Waals surface area contributed by atoms with Gasteiger partial charge < -0.3 is 5.11 Å². The number of carboxylic acids is 1. The number of aliphatic carboxylic acids is 1. The van der Waals surface area contributed by atoms with Crippen LogP contribution < -0.4 is 0 Å². The Labute approximate surface area is 100 Å². The standard InChI is InChI=1S/C14H28O2/c1-7-11(12(15)16)9-14(5,6)10-13(3,4)8-2/h11H,7-10H2,1-6H3,(H,15,16). The lowest BCUT2D eigenvalue weighted by atomic mass is 9.70. The van der Waals surface area contributed by atoms with Gasteiger partial charge in [-0.15, -0.1) is 0 Å². The molecule has 0 amide bonds. The van der Waals surface area contributed by atoms with Crippen molar-refractivity contribution in [3.8, 4) is 0 Å². The molecule has 0 fully saturated rings. The summed E-state index contributed by atoms with van der Waals surface area (Å²) in [6, 6.07) is 0. The molecule has 1 N–H and O–H groups in total. The zero-order valence-corrected chi connectivity index (χ0v) is 11.8. The van der Waals surface area contributed by atoms with Gasteiger partial charge in [-0.05, 0) is 30.1 Å². The molecule has 2 heteroatoms. The Bertz CT molecular complexity index is 229. The third-order valence-corrected chi connectivity index (χ3v) is 3.56. The molecule has 96 valence electrons. The van der Waals surface area contributed by atoms with E-state index < -0.39 is 5.97 Å². The summed E-state index contributed by atoms with van der Waals surface area (Å²) in [6.45, 7) is 13.1. The number of carbonyl (C=O) groups is 1. The molecule has 0 aliphatic rings. The van der Waals surface area contributed by atoms with Gasteiger partial charge in [0.15, 0.2) is 0 Å². The summed E-state index contributed by atoms with van der Waals surface area (Å²) in [6.07, 6.45) is 3.73. The highest BCUT2D eigenvalue weighted by atomic mass is 16.4. The summed E-state index contributed by atoms with van der Waals surface area (Å²) in [4.78, 5) is 11.0. The van der Waals surface area contributed by atoms with Gasteiger partial charge in [-0.2, -0.15) is 0 Å². The van der Waals surface area contributed by atoms with E-state index in [4.69, 9.17) is 5.11 Å². The maximum absolute atomic E-state index is 11.0. The number of hydrogen-bond acceptors (Lipinski definition) is 1. The fraction of sp³-hybridized carbons (Fsp3) is 0.929. The predicted octanol–water partition coefficient (Wildman–Crippen LogP) is 4.34. The lowest BCUT2D eigenvalue weighted by Crippen LogP contribution is -2.27. The molecule has 0 saturated carbocycles. The summed E-state index contributed by atoms with van der Waals surface area (Å²) < 4.78 is 0. The quantitative estimate of drug-likeness (QED) is 0.703. The van der Waals surface area contributed by atoms with Crippen molar-refractivity contribution in [2.24, 2.45) is 16.7 Å². The van der Waals surface area contributed by atoms with E-state index in [9.17, 15) is 4.79 Å². The summed E-state index contributed by atoms with van der Waals surface area (Å²) in [7, 11) is 0. The Balaban J connectivity index is 4.49. The van der Waals surface area contributed by atoms with E-state index in [0.717, 1.165) is 25.7 Å². The van der Waals surface area contributed by atoms with Gasteiger partial charge >= 0.3 is 5.97 Å². The van der Waals surface area contributed by atoms with Crippen LogP contribution in [0.1, 0.15) is 67.2 Å². The van der Waals surface area contributed by atoms with E-state index in [1.165, 1.54) is 0 Å². The highest BCUT2D eigenvalue weighted by Crippen LogP contribution is 2.40. The van der Waals surface area contributed by atoms with Crippen LogP contribution in [-0.2, 0) is 4.79 Å². The fourth-order valence-corrected chi connectivity index (χ4v) is 2.57. The van der Waals surface area contributed by atoms with Gasteiger partial charge in [0, 0.05) is 0 Å². The van der Waals surface area contributed by atoms with Crippen LogP contribution in [0.2, 0.25) is 0 Å². The van der Waals surface area contributed by atoms with Crippen molar-refractivity contribution in [3.05, 3.63) is 0 Å². The van der Waals surface area contributed by atoms with Crippen LogP contribution in [0.25, 0.3) is 0 Å². The first-order valence-electron chi connectivity index (χ1n) is 6.36. The van der Waals surface area contributed by atoms with Crippen molar-refractivity contribution < 1.29 is 9.90 Å². The molecule has 0 aliphatic heterocycles. The Morgan fingerprint density at radius 1 is 1.12 bits per heavy atom. The lowest BCUT2D eigenvalue weighted by molar-refractivity contribution is -0.143. The SMILES string of the molecule is CCC(CC(C)(C)CC(C)(C)CC)C(=O)O.